The van der Waals surface area contributed by atoms with Crippen LogP contribution >= 0.6 is 0 Å². The Morgan fingerprint density at radius 3 is 2.89 bits per heavy atom. The highest BCUT2D eigenvalue weighted by atomic mass is 16.2. The van der Waals surface area contributed by atoms with Crippen LogP contribution in [0.2, 0.25) is 0 Å². The lowest BCUT2D eigenvalue weighted by Gasteiger charge is -2.30. The van der Waals surface area contributed by atoms with E-state index < -0.39 is 6.04 Å². The van der Waals surface area contributed by atoms with Gasteiger partial charge in [0.15, 0.2) is 0 Å². The third-order valence-electron chi connectivity index (χ3n) is 2.74. The van der Waals surface area contributed by atoms with Gasteiger partial charge < -0.3 is 10.2 Å². The van der Waals surface area contributed by atoms with Gasteiger partial charge in [0, 0.05) is 31.1 Å². The molecule has 1 N–H and O–H groups in total. The maximum Gasteiger partial charge on any atom is 0.299 e. The molecule has 2 rings (SSSR count). The first-order chi connectivity index (χ1) is 8.81. The fourth-order valence-corrected chi connectivity index (χ4v) is 1.78. The van der Waals surface area contributed by atoms with Gasteiger partial charge in [-0.1, -0.05) is 24.1 Å². The van der Waals surface area contributed by atoms with Gasteiger partial charge in [-0.3, -0.25) is 4.79 Å². The van der Waals surface area contributed by atoms with Crippen LogP contribution in [-0.2, 0) is 4.79 Å². The molecular formula is C14H13N3O. The number of carbonyl (C=O) groups excluding carboxylic acids is 1. The van der Waals surface area contributed by atoms with E-state index in [2.05, 4.69) is 23.2 Å². The topological polar surface area (TPSA) is 56.1 Å². The summed E-state index contributed by atoms with van der Waals surface area (Å²) in [5.41, 5.74) is 0.800. The van der Waals surface area contributed by atoms with Crippen molar-refractivity contribution in [2.24, 2.45) is 0 Å². The number of hydrogen-bond donors (Lipinski definition) is 1. The van der Waals surface area contributed by atoms with Crippen LogP contribution in [0.3, 0.4) is 0 Å². The predicted molar refractivity (Wildman–Crippen MR) is 67.3 cm³/mol. The third kappa shape index (κ3) is 2.88. The van der Waals surface area contributed by atoms with E-state index in [9.17, 15) is 4.79 Å². The molecule has 1 saturated heterocycles. The number of rotatable bonds is 0. The minimum atomic E-state index is -0.420. The molecule has 1 aliphatic heterocycles. The normalized spacial score (nSPS) is 18.4. The van der Waals surface area contributed by atoms with Gasteiger partial charge >= 0.3 is 0 Å². The zero-order chi connectivity index (χ0) is 12.8. The summed E-state index contributed by atoms with van der Waals surface area (Å²) in [4.78, 5) is 13.4. The van der Waals surface area contributed by atoms with E-state index in [1.807, 2.05) is 30.3 Å². The molecule has 0 saturated carbocycles. The van der Waals surface area contributed by atoms with Gasteiger partial charge in [0.1, 0.15) is 6.04 Å². The molecule has 18 heavy (non-hydrogen) atoms. The van der Waals surface area contributed by atoms with E-state index in [4.69, 9.17) is 5.26 Å². The Hall–Kier alpha value is -2.30. The summed E-state index contributed by atoms with van der Waals surface area (Å²) in [6.45, 7) is 1.74. The van der Waals surface area contributed by atoms with Crippen LogP contribution in [0.25, 0.3) is 0 Å². The van der Waals surface area contributed by atoms with Crippen molar-refractivity contribution in [3.05, 3.63) is 35.9 Å². The first kappa shape index (κ1) is 12.2. The van der Waals surface area contributed by atoms with Gasteiger partial charge in [0.2, 0.25) is 0 Å². The second kappa shape index (κ2) is 5.86. The second-order valence-electron chi connectivity index (χ2n) is 3.96. The lowest BCUT2D eigenvalue weighted by Crippen LogP contribution is -2.52. The highest BCUT2D eigenvalue weighted by molar-refractivity contribution is 5.94. The molecule has 0 aliphatic carbocycles. The Labute approximate surface area is 106 Å². The number of hydrogen-bond acceptors (Lipinski definition) is 3. The van der Waals surface area contributed by atoms with Crippen molar-refractivity contribution in [2.45, 2.75) is 6.04 Å². The highest BCUT2D eigenvalue weighted by Crippen LogP contribution is 2.02. The minimum Gasteiger partial charge on any atom is -0.313 e. The molecule has 0 bridgehead atoms. The van der Waals surface area contributed by atoms with E-state index in [0.29, 0.717) is 19.6 Å². The summed E-state index contributed by atoms with van der Waals surface area (Å²) >= 11 is 0. The average molecular weight is 239 g/mol. The second-order valence-corrected chi connectivity index (χ2v) is 3.96. The Morgan fingerprint density at radius 2 is 2.17 bits per heavy atom. The van der Waals surface area contributed by atoms with Crippen molar-refractivity contribution >= 4 is 5.91 Å². The van der Waals surface area contributed by atoms with Crippen LogP contribution < -0.4 is 5.32 Å². The van der Waals surface area contributed by atoms with Gasteiger partial charge in [0.25, 0.3) is 5.91 Å². The van der Waals surface area contributed by atoms with Crippen LogP contribution in [0.15, 0.2) is 30.3 Å². The van der Waals surface area contributed by atoms with Gasteiger partial charge in [-0.05, 0) is 12.1 Å². The zero-order valence-corrected chi connectivity index (χ0v) is 9.89. The SMILES string of the molecule is N#CC1CNCCN1C(=O)C#Cc1ccccc1. The molecule has 0 radical (unpaired) electrons. The molecule has 4 heteroatoms. The molecule has 4 nitrogen and oxygen atoms in total. The molecule has 1 atom stereocenters. The molecule has 1 amide bonds. The van der Waals surface area contributed by atoms with Gasteiger partial charge in [-0.15, -0.1) is 0 Å². The van der Waals surface area contributed by atoms with Crippen LogP contribution in [0.4, 0.5) is 0 Å². The Balaban J connectivity index is 2.08. The van der Waals surface area contributed by atoms with E-state index in [-0.39, 0.29) is 5.91 Å². The summed E-state index contributed by atoms with van der Waals surface area (Å²) in [7, 11) is 0. The number of benzene rings is 1. The molecule has 1 unspecified atom stereocenters. The maximum atomic E-state index is 11.9. The largest absolute Gasteiger partial charge is 0.313 e. The van der Waals surface area contributed by atoms with E-state index in [1.54, 1.807) is 0 Å². The summed E-state index contributed by atoms with van der Waals surface area (Å²) in [6, 6.07) is 11.0. The van der Waals surface area contributed by atoms with E-state index >= 15 is 0 Å². The first-order valence-corrected chi connectivity index (χ1v) is 5.79. The first-order valence-electron chi connectivity index (χ1n) is 5.79. The Morgan fingerprint density at radius 1 is 1.39 bits per heavy atom. The highest BCUT2D eigenvalue weighted by Gasteiger charge is 2.24. The van der Waals surface area contributed by atoms with Crippen molar-refractivity contribution in [3.8, 4) is 17.9 Å². The predicted octanol–water partition coefficient (Wildman–Crippen LogP) is 0.362. The maximum absolute atomic E-state index is 11.9. The van der Waals surface area contributed by atoms with Crippen LogP contribution in [0.1, 0.15) is 5.56 Å². The standard InChI is InChI=1S/C14H13N3O/c15-10-13-11-16-8-9-17(13)14(18)7-6-12-4-2-1-3-5-12/h1-5,13,16H,8-9,11H2. The molecule has 1 heterocycles. The van der Waals surface area contributed by atoms with Gasteiger partial charge in [0.05, 0.1) is 6.07 Å². The molecule has 1 fully saturated rings. The summed E-state index contributed by atoms with van der Waals surface area (Å²) in [6.07, 6.45) is 0. The van der Waals surface area contributed by atoms with Crippen molar-refractivity contribution in [3.63, 3.8) is 0 Å². The number of carbonyl (C=O) groups is 1. The number of nitrogens with zero attached hydrogens (tertiary/aromatic N) is 2. The number of piperazine rings is 1. The molecule has 1 aromatic rings. The van der Waals surface area contributed by atoms with Crippen molar-refractivity contribution < 1.29 is 4.79 Å². The fraction of sp³-hybridized carbons (Fsp3) is 0.286. The van der Waals surface area contributed by atoms with Crippen molar-refractivity contribution in [1.29, 1.82) is 5.26 Å². The number of amides is 1. The fourth-order valence-electron chi connectivity index (χ4n) is 1.78. The average Bonchev–Trinajstić information content (AvgIpc) is 2.45. The third-order valence-corrected chi connectivity index (χ3v) is 2.74. The summed E-state index contributed by atoms with van der Waals surface area (Å²) < 4.78 is 0. The van der Waals surface area contributed by atoms with E-state index in [0.717, 1.165) is 5.56 Å². The molecular weight excluding hydrogens is 226 g/mol. The molecule has 1 aromatic carbocycles. The monoisotopic (exact) mass is 239 g/mol. The lowest BCUT2D eigenvalue weighted by molar-refractivity contribution is -0.126. The molecule has 0 spiro atoms. The van der Waals surface area contributed by atoms with Crippen LogP contribution in [0, 0.1) is 23.2 Å². The van der Waals surface area contributed by atoms with Crippen LogP contribution in [0.5, 0.6) is 0 Å². The van der Waals surface area contributed by atoms with Gasteiger partial charge in [-0.25, -0.2) is 0 Å². The van der Waals surface area contributed by atoms with Crippen LogP contribution in [-0.4, -0.2) is 36.5 Å². The Kier molecular flexibility index (Phi) is 3.96. The summed E-state index contributed by atoms with van der Waals surface area (Å²) in [5.74, 6) is 5.12. The smallest absolute Gasteiger partial charge is 0.299 e. The van der Waals surface area contributed by atoms with Gasteiger partial charge in [-0.2, -0.15) is 5.26 Å². The molecule has 90 valence electrons. The lowest BCUT2D eigenvalue weighted by atomic mass is 10.2. The molecule has 0 aromatic heterocycles. The number of nitrogens with one attached hydrogen (secondary N) is 1. The zero-order valence-electron chi connectivity index (χ0n) is 9.89. The van der Waals surface area contributed by atoms with Crippen molar-refractivity contribution in [1.82, 2.24) is 10.2 Å². The Bertz CT molecular complexity index is 521. The number of nitriles is 1. The minimum absolute atomic E-state index is 0.285. The summed E-state index contributed by atoms with van der Waals surface area (Å²) in [5, 5.41) is 12.0. The molecule has 1 aliphatic rings. The quantitative estimate of drug-likeness (QED) is 0.665. The van der Waals surface area contributed by atoms with Crippen molar-refractivity contribution in [2.75, 3.05) is 19.6 Å². The van der Waals surface area contributed by atoms with E-state index in [1.165, 1.54) is 4.90 Å².